The van der Waals surface area contributed by atoms with E-state index in [0.29, 0.717) is 38.8 Å². The van der Waals surface area contributed by atoms with Gasteiger partial charge in [-0.3, -0.25) is 14.4 Å². The Hall–Kier alpha value is -2.94. The van der Waals surface area contributed by atoms with Crippen molar-refractivity contribution in [1.82, 2.24) is 4.90 Å². The van der Waals surface area contributed by atoms with E-state index in [0.717, 1.165) is 28.5 Å². The SMILES string of the molecule is CC#Cc1cc(C)c(C2C(=O)CC3(CCN(C(=O)/C=N/O)CC3)CC2=O)c(C)c1. The van der Waals surface area contributed by atoms with Gasteiger partial charge in [0.25, 0.3) is 5.91 Å². The molecule has 1 aliphatic heterocycles. The topological polar surface area (TPSA) is 87.0 Å². The Morgan fingerprint density at radius 2 is 1.72 bits per heavy atom. The molecule has 1 amide bonds. The fraction of sp³-hybridized carbons (Fsp3) is 0.478. The summed E-state index contributed by atoms with van der Waals surface area (Å²) in [4.78, 5) is 39.7. The molecule has 1 N–H and O–H groups in total. The fourth-order valence-corrected chi connectivity index (χ4v) is 4.84. The lowest BCUT2D eigenvalue weighted by Gasteiger charge is -2.44. The zero-order valence-electron chi connectivity index (χ0n) is 17.1. The van der Waals surface area contributed by atoms with E-state index in [2.05, 4.69) is 17.0 Å². The highest BCUT2D eigenvalue weighted by Gasteiger charge is 2.47. The van der Waals surface area contributed by atoms with Crippen LogP contribution in [0.3, 0.4) is 0 Å². The average molecular weight is 394 g/mol. The Balaban J connectivity index is 1.80. The van der Waals surface area contributed by atoms with Gasteiger partial charge in [-0.25, -0.2) is 0 Å². The molecule has 29 heavy (non-hydrogen) atoms. The van der Waals surface area contributed by atoms with Gasteiger partial charge < -0.3 is 10.1 Å². The molecule has 1 saturated heterocycles. The van der Waals surface area contributed by atoms with Gasteiger partial charge >= 0.3 is 0 Å². The first-order valence-corrected chi connectivity index (χ1v) is 9.86. The van der Waals surface area contributed by atoms with Crippen LogP contribution in [0.2, 0.25) is 0 Å². The summed E-state index contributed by atoms with van der Waals surface area (Å²) in [5.41, 5.74) is 3.20. The summed E-state index contributed by atoms with van der Waals surface area (Å²) in [5, 5.41) is 11.3. The molecule has 6 nitrogen and oxygen atoms in total. The summed E-state index contributed by atoms with van der Waals surface area (Å²) in [6.07, 6.45) is 2.80. The minimum atomic E-state index is -0.703. The lowest BCUT2D eigenvalue weighted by atomic mass is 9.62. The molecule has 0 radical (unpaired) electrons. The van der Waals surface area contributed by atoms with Gasteiger partial charge in [0.05, 0.1) is 0 Å². The van der Waals surface area contributed by atoms with Crippen LogP contribution in [0.1, 0.15) is 60.8 Å². The number of nitrogens with zero attached hydrogens (tertiary/aromatic N) is 2. The number of benzene rings is 1. The van der Waals surface area contributed by atoms with Crippen molar-refractivity contribution in [3.63, 3.8) is 0 Å². The first kappa shape index (κ1) is 20.8. The normalized spacial score (nSPS) is 19.5. The Kier molecular flexibility index (Phi) is 5.88. The van der Waals surface area contributed by atoms with Crippen LogP contribution >= 0.6 is 0 Å². The van der Waals surface area contributed by atoms with Crippen LogP contribution in [0.4, 0.5) is 0 Å². The maximum Gasteiger partial charge on any atom is 0.268 e. The van der Waals surface area contributed by atoms with Crippen LogP contribution in [0, 0.1) is 31.1 Å². The highest BCUT2D eigenvalue weighted by Crippen LogP contribution is 2.46. The second-order valence-electron chi connectivity index (χ2n) is 8.19. The lowest BCUT2D eigenvalue weighted by Crippen LogP contribution is -2.48. The molecule has 1 aromatic carbocycles. The standard InChI is InChI=1S/C23H26N2O4/c1-4-5-17-10-15(2)21(16(3)11-17)22-18(26)12-23(13-19(22)27)6-8-25(9-7-23)20(28)14-24-29/h10-11,14,22,29H,6-9,12-13H2,1-3H3/b24-14+. The van der Waals surface area contributed by atoms with E-state index in [1.165, 1.54) is 0 Å². The quantitative estimate of drug-likeness (QED) is 0.275. The largest absolute Gasteiger partial charge is 0.411 e. The summed E-state index contributed by atoms with van der Waals surface area (Å²) in [7, 11) is 0. The molecule has 0 aromatic heterocycles. The van der Waals surface area contributed by atoms with Gasteiger partial charge in [0.2, 0.25) is 0 Å². The third-order valence-electron chi connectivity index (χ3n) is 6.20. The first-order chi connectivity index (χ1) is 13.8. The molecule has 1 heterocycles. The monoisotopic (exact) mass is 394 g/mol. The molecule has 0 bridgehead atoms. The number of carbonyl (C=O) groups is 3. The van der Waals surface area contributed by atoms with Crippen LogP contribution in [0.5, 0.6) is 0 Å². The molecule has 1 spiro atoms. The Morgan fingerprint density at radius 3 is 2.21 bits per heavy atom. The van der Waals surface area contributed by atoms with E-state index in [4.69, 9.17) is 5.21 Å². The molecule has 2 aliphatic rings. The van der Waals surface area contributed by atoms with Crippen molar-refractivity contribution in [2.45, 2.75) is 52.4 Å². The number of rotatable bonds is 2. The number of Topliss-reactive ketones (excluding diaryl/α,β-unsaturated/α-hetero) is 2. The van der Waals surface area contributed by atoms with Crippen molar-refractivity contribution in [1.29, 1.82) is 0 Å². The van der Waals surface area contributed by atoms with E-state index in [9.17, 15) is 14.4 Å². The maximum atomic E-state index is 13.1. The molecule has 6 heteroatoms. The number of likely N-dealkylation sites (tertiary alicyclic amines) is 1. The van der Waals surface area contributed by atoms with Crippen molar-refractivity contribution >= 4 is 23.7 Å². The second-order valence-corrected chi connectivity index (χ2v) is 8.19. The van der Waals surface area contributed by atoms with Crippen molar-refractivity contribution in [2.24, 2.45) is 10.6 Å². The number of aryl methyl sites for hydroxylation is 2. The Morgan fingerprint density at radius 1 is 1.17 bits per heavy atom. The molecule has 3 rings (SSSR count). The van der Waals surface area contributed by atoms with Gasteiger partial charge in [-0.15, -0.1) is 5.92 Å². The molecule has 0 unspecified atom stereocenters. The van der Waals surface area contributed by atoms with Gasteiger partial charge in [-0.05, 0) is 67.9 Å². The average Bonchev–Trinajstić information content (AvgIpc) is 2.64. The van der Waals surface area contributed by atoms with Gasteiger partial charge in [-0.1, -0.05) is 11.1 Å². The highest BCUT2D eigenvalue weighted by molar-refractivity contribution is 6.25. The molecule has 1 aromatic rings. The van der Waals surface area contributed by atoms with E-state index < -0.39 is 5.92 Å². The van der Waals surface area contributed by atoms with Gasteiger partial charge in [0, 0.05) is 31.5 Å². The number of ketones is 2. The van der Waals surface area contributed by atoms with Crippen LogP contribution in [-0.2, 0) is 14.4 Å². The number of amides is 1. The molecule has 2 fully saturated rings. The molecule has 1 saturated carbocycles. The zero-order valence-corrected chi connectivity index (χ0v) is 17.1. The summed E-state index contributed by atoms with van der Waals surface area (Å²) in [6.45, 7) is 6.56. The van der Waals surface area contributed by atoms with Gasteiger partial charge in [0.15, 0.2) is 0 Å². The molecule has 152 valence electrons. The van der Waals surface area contributed by atoms with Crippen molar-refractivity contribution in [2.75, 3.05) is 13.1 Å². The first-order valence-electron chi connectivity index (χ1n) is 9.86. The highest BCUT2D eigenvalue weighted by atomic mass is 16.4. The molecular weight excluding hydrogens is 368 g/mol. The van der Waals surface area contributed by atoms with Crippen molar-refractivity contribution in [3.05, 3.63) is 34.4 Å². The maximum absolute atomic E-state index is 13.1. The smallest absolute Gasteiger partial charge is 0.268 e. The number of piperidine rings is 1. The number of hydrogen-bond donors (Lipinski definition) is 1. The molecular formula is C23H26N2O4. The summed E-state index contributed by atoms with van der Waals surface area (Å²) >= 11 is 0. The van der Waals surface area contributed by atoms with E-state index in [1.807, 2.05) is 26.0 Å². The second kappa shape index (κ2) is 8.20. The zero-order chi connectivity index (χ0) is 21.2. The van der Waals surface area contributed by atoms with Crippen molar-refractivity contribution < 1.29 is 19.6 Å². The molecule has 0 atom stereocenters. The Bertz CT molecular complexity index is 900. The third-order valence-corrected chi connectivity index (χ3v) is 6.20. The Labute approximate surface area is 171 Å². The summed E-state index contributed by atoms with van der Waals surface area (Å²) < 4.78 is 0. The van der Waals surface area contributed by atoms with Gasteiger partial charge in [0.1, 0.15) is 23.7 Å². The van der Waals surface area contributed by atoms with E-state index >= 15 is 0 Å². The van der Waals surface area contributed by atoms with Gasteiger partial charge in [-0.2, -0.15) is 0 Å². The summed E-state index contributed by atoms with van der Waals surface area (Å²) in [5.74, 6) is 4.80. The van der Waals surface area contributed by atoms with E-state index in [1.54, 1.807) is 11.8 Å². The fourth-order valence-electron chi connectivity index (χ4n) is 4.84. The van der Waals surface area contributed by atoms with Crippen LogP contribution in [0.15, 0.2) is 17.3 Å². The third kappa shape index (κ3) is 4.09. The predicted octanol–water partition coefficient (Wildman–Crippen LogP) is 2.76. The number of oxime groups is 1. The minimum absolute atomic E-state index is 0.0292. The summed E-state index contributed by atoms with van der Waals surface area (Å²) in [6, 6.07) is 3.88. The number of carbonyl (C=O) groups excluding carboxylic acids is 3. The van der Waals surface area contributed by atoms with Crippen LogP contribution < -0.4 is 0 Å². The van der Waals surface area contributed by atoms with E-state index in [-0.39, 0.29) is 22.9 Å². The van der Waals surface area contributed by atoms with Crippen molar-refractivity contribution in [3.8, 4) is 11.8 Å². The lowest BCUT2D eigenvalue weighted by molar-refractivity contribution is -0.139. The minimum Gasteiger partial charge on any atom is -0.411 e. The van der Waals surface area contributed by atoms with Crippen LogP contribution in [-0.4, -0.2) is 46.9 Å². The van der Waals surface area contributed by atoms with Crippen LogP contribution in [0.25, 0.3) is 0 Å². The number of hydrogen-bond acceptors (Lipinski definition) is 5. The molecule has 1 aliphatic carbocycles. The predicted molar refractivity (Wildman–Crippen MR) is 109 cm³/mol.